The summed E-state index contributed by atoms with van der Waals surface area (Å²) in [5.41, 5.74) is 0.533. The highest BCUT2D eigenvalue weighted by molar-refractivity contribution is 5.86. The standard InChI is InChI=1S/C15H18N2O8/c18-9-3-1-8(2-4-9)7-11(14(23)24)17-15(25)16-10(13(21)22)5-6-12(19)20/h1-4,10-11,18H,5-7H2,(H,19,20)(H,21,22)(H,23,24)(H2,16,17,25)/t10?,11-/m0/s1. The second-order valence-corrected chi connectivity index (χ2v) is 5.20. The van der Waals surface area contributed by atoms with Crippen molar-refractivity contribution in [3.05, 3.63) is 29.8 Å². The molecule has 0 heterocycles. The van der Waals surface area contributed by atoms with Crippen molar-refractivity contribution in [1.82, 2.24) is 10.6 Å². The van der Waals surface area contributed by atoms with Crippen LogP contribution in [0.5, 0.6) is 5.75 Å². The van der Waals surface area contributed by atoms with Gasteiger partial charge in [-0.1, -0.05) is 12.1 Å². The van der Waals surface area contributed by atoms with E-state index in [9.17, 15) is 29.4 Å². The lowest BCUT2D eigenvalue weighted by Gasteiger charge is -2.18. The Balaban J connectivity index is 2.68. The number of carbonyl (C=O) groups is 4. The molecule has 6 N–H and O–H groups in total. The molecule has 0 saturated heterocycles. The van der Waals surface area contributed by atoms with Gasteiger partial charge in [0.2, 0.25) is 0 Å². The Labute approximate surface area is 142 Å². The number of aromatic hydroxyl groups is 1. The van der Waals surface area contributed by atoms with Crippen LogP contribution in [0.3, 0.4) is 0 Å². The van der Waals surface area contributed by atoms with E-state index < -0.39 is 42.4 Å². The first-order valence-corrected chi connectivity index (χ1v) is 7.21. The largest absolute Gasteiger partial charge is 0.508 e. The van der Waals surface area contributed by atoms with Gasteiger partial charge < -0.3 is 31.1 Å². The lowest BCUT2D eigenvalue weighted by Crippen LogP contribution is -2.51. The van der Waals surface area contributed by atoms with Gasteiger partial charge in [-0.05, 0) is 24.1 Å². The van der Waals surface area contributed by atoms with Crippen molar-refractivity contribution in [3.63, 3.8) is 0 Å². The molecule has 0 aliphatic rings. The molecule has 0 aromatic heterocycles. The summed E-state index contributed by atoms with van der Waals surface area (Å²) in [5.74, 6) is -3.98. The Bertz CT molecular complexity index is 643. The molecular weight excluding hydrogens is 336 g/mol. The maximum atomic E-state index is 11.8. The van der Waals surface area contributed by atoms with E-state index in [1.54, 1.807) is 0 Å². The summed E-state index contributed by atoms with van der Waals surface area (Å²) >= 11 is 0. The predicted octanol–water partition coefficient (Wildman–Crippen LogP) is 0.00510. The molecule has 1 aromatic rings. The molecule has 1 aromatic carbocycles. The van der Waals surface area contributed by atoms with E-state index >= 15 is 0 Å². The Hall–Kier alpha value is -3.30. The minimum absolute atomic E-state index is 0.00376. The fourth-order valence-electron chi connectivity index (χ4n) is 1.95. The number of carbonyl (C=O) groups excluding carboxylic acids is 1. The van der Waals surface area contributed by atoms with Crippen LogP contribution in [0.2, 0.25) is 0 Å². The number of hydrogen-bond donors (Lipinski definition) is 6. The van der Waals surface area contributed by atoms with Crippen molar-refractivity contribution in [2.75, 3.05) is 0 Å². The van der Waals surface area contributed by atoms with Crippen molar-refractivity contribution < 1.29 is 39.6 Å². The first-order valence-electron chi connectivity index (χ1n) is 7.21. The lowest BCUT2D eigenvalue weighted by atomic mass is 10.1. The molecule has 1 rings (SSSR count). The van der Waals surface area contributed by atoms with Crippen LogP contribution in [0.4, 0.5) is 4.79 Å². The van der Waals surface area contributed by atoms with E-state index in [2.05, 4.69) is 5.32 Å². The Kier molecular flexibility index (Phi) is 7.19. The zero-order valence-corrected chi connectivity index (χ0v) is 13.0. The molecule has 10 nitrogen and oxygen atoms in total. The summed E-state index contributed by atoms with van der Waals surface area (Å²) in [5, 5.41) is 40.1. The van der Waals surface area contributed by atoms with Gasteiger partial charge in [0.1, 0.15) is 17.8 Å². The number of nitrogens with one attached hydrogen (secondary N) is 2. The number of rotatable bonds is 9. The molecule has 0 saturated carbocycles. The SMILES string of the molecule is O=C(O)CCC(NC(=O)N[C@@H](Cc1ccc(O)cc1)C(=O)O)C(=O)O. The number of benzene rings is 1. The molecular formula is C15H18N2O8. The fourth-order valence-corrected chi connectivity index (χ4v) is 1.95. The molecule has 136 valence electrons. The highest BCUT2D eigenvalue weighted by atomic mass is 16.4. The van der Waals surface area contributed by atoms with Crippen LogP contribution < -0.4 is 10.6 Å². The van der Waals surface area contributed by atoms with Gasteiger partial charge >= 0.3 is 23.9 Å². The average molecular weight is 354 g/mol. The zero-order valence-electron chi connectivity index (χ0n) is 13.0. The summed E-state index contributed by atoms with van der Waals surface area (Å²) in [6.45, 7) is 0. The van der Waals surface area contributed by atoms with Crippen LogP contribution in [-0.2, 0) is 20.8 Å². The molecule has 0 aliphatic carbocycles. The first kappa shape index (κ1) is 19.7. The predicted molar refractivity (Wildman–Crippen MR) is 83.2 cm³/mol. The fraction of sp³-hybridized carbons (Fsp3) is 0.333. The van der Waals surface area contributed by atoms with Crippen LogP contribution in [-0.4, -0.2) is 56.4 Å². The van der Waals surface area contributed by atoms with Crippen molar-refractivity contribution in [3.8, 4) is 5.75 Å². The maximum absolute atomic E-state index is 11.8. The third-order valence-corrected chi connectivity index (χ3v) is 3.23. The quantitative estimate of drug-likeness (QED) is 0.359. The van der Waals surface area contributed by atoms with Crippen LogP contribution in [0, 0.1) is 0 Å². The van der Waals surface area contributed by atoms with Gasteiger partial charge in [0.05, 0.1) is 0 Å². The molecule has 2 atom stereocenters. The number of phenols is 1. The van der Waals surface area contributed by atoms with Gasteiger partial charge in [-0.3, -0.25) is 4.79 Å². The van der Waals surface area contributed by atoms with Gasteiger partial charge in [0, 0.05) is 12.8 Å². The molecule has 1 unspecified atom stereocenters. The minimum Gasteiger partial charge on any atom is -0.508 e. The summed E-state index contributed by atoms with van der Waals surface area (Å²) in [6.07, 6.45) is -0.892. The van der Waals surface area contributed by atoms with Gasteiger partial charge in [0.15, 0.2) is 0 Å². The topological polar surface area (TPSA) is 173 Å². The van der Waals surface area contributed by atoms with Gasteiger partial charge in [0.25, 0.3) is 0 Å². The van der Waals surface area contributed by atoms with E-state index in [1.807, 2.05) is 5.32 Å². The normalized spacial score (nSPS) is 12.6. The van der Waals surface area contributed by atoms with Gasteiger partial charge in [-0.15, -0.1) is 0 Å². The number of carboxylic acids is 3. The van der Waals surface area contributed by atoms with E-state index in [-0.39, 0.29) is 18.6 Å². The van der Waals surface area contributed by atoms with Crippen molar-refractivity contribution >= 4 is 23.9 Å². The number of amides is 2. The zero-order chi connectivity index (χ0) is 19.0. The number of phenolic OH excluding ortho intramolecular Hbond substituents is 1. The van der Waals surface area contributed by atoms with Gasteiger partial charge in [-0.2, -0.15) is 0 Å². The summed E-state index contributed by atoms with van der Waals surface area (Å²) in [6, 6.07) is 1.86. The van der Waals surface area contributed by atoms with Crippen molar-refractivity contribution in [2.45, 2.75) is 31.3 Å². The lowest BCUT2D eigenvalue weighted by molar-refractivity contribution is -0.140. The Morgan fingerprint density at radius 2 is 1.40 bits per heavy atom. The van der Waals surface area contributed by atoms with Crippen LogP contribution >= 0.6 is 0 Å². The molecule has 0 spiro atoms. The van der Waals surface area contributed by atoms with E-state index in [1.165, 1.54) is 24.3 Å². The molecule has 0 radical (unpaired) electrons. The molecule has 0 bridgehead atoms. The third-order valence-electron chi connectivity index (χ3n) is 3.23. The highest BCUT2D eigenvalue weighted by Crippen LogP contribution is 2.11. The molecule has 25 heavy (non-hydrogen) atoms. The van der Waals surface area contributed by atoms with Crippen LogP contribution in [0.1, 0.15) is 18.4 Å². The minimum atomic E-state index is -1.46. The Morgan fingerprint density at radius 3 is 1.88 bits per heavy atom. The second kappa shape index (κ2) is 9.11. The Morgan fingerprint density at radius 1 is 0.880 bits per heavy atom. The molecule has 0 fully saturated rings. The molecule has 2 amide bonds. The maximum Gasteiger partial charge on any atom is 0.326 e. The molecule has 0 aliphatic heterocycles. The summed E-state index contributed by atoms with van der Waals surface area (Å²) in [7, 11) is 0. The van der Waals surface area contributed by atoms with Crippen LogP contribution in [0.25, 0.3) is 0 Å². The monoisotopic (exact) mass is 354 g/mol. The van der Waals surface area contributed by atoms with E-state index in [0.29, 0.717) is 5.56 Å². The smallest absolute Gasteiger partial charge is 0.326 e. The van der Waals surface area contributed by atoms with Crippen molar-refractivity contribution in [2.24, 2.45) is 0 Å². The van der Waals surface area contributed by atoms with E-state index in [0.717, 1.165) is 0 Å². The van der Waals surface area contributed by atoms with E-state index in [4.69, 9.17) is 10.2 Å². The first-order chi connectivity index (χ1) is 11.7. The van der Waals surface area contributed by atoms with Crippen LogP contribution in [0.15, 0.2) is 24.3 Å². The third kappa shape index (κ3) is 7.20. The summed E-state index contributed by atoms with van der Waals surface area (Å²) < 4.78 is 0. The molecule has 10 heteroatoms. The average Bonchev–Trinajstić information content (AvgIpc) is 2.52. The summed E-state index contributed by atoms with van der Waals surface area (Å²) in [4.78, 5) is 44.6. The second-order valence-electron chi connectivity index (χ2n) is 5.20. The van der Waals surface area contributed by atoms with Gasteiger partial charge in [-0.25, -0.2) is 14.4 Å². The number of hydrogen-bond acceptors (Lipinski definition) is 5. The highest BCUT2D eigenvalue weighted by Gasteiger charge is 2.25. The van der Waals surface area contributed by atoms with Crippen molar-refractivity contribution in [1.29, 1.82) is 0 Å². The number of urea groups is 1. The number of aliphatic carboxylic acids is 3. The number of carboxylic acid groups (broad SMARTS) is 3.